The number of halogens is 4. The van der Waals surface area contributed by atoms with Gasteiger partial charge in [-0.05, 0) is 60.2 Å². The number of aryl methyl sites for hydroxylation is 1. The van der Waals surface area contributed by atoms with E-state index in [0.29, 0.717) is 31.9 Å². The number of nitrogens with one attached hydrogen (secondary N) is 1. The van der Waals surface area contributed by atoms with Crippen LogP contribution in [0.25, 0.3) is 17.2 Å². The Balaban J connectivity index is 1.52. The lowest BCUT2D eigenvalue weighted by molar-refractivity contribution is 0.100. The second-order valence-electron chi connectivity index (χ2n) is 8.45. The fraction of sp³-hybridized carbons (Fsp3) is 0.0800. The topological polar surface area (TPSA) is 146 Å². The third kappa shape index (κ3) is 5.50. The van der Waals surface area contributed by atoms with Crippen molar-refractivity contribution in [3.8, 4) is 17.2 Å². The summed E-state index contributed by atoms with van der Waals surface area (Å²) in [4.78, 5) is 31.2. The van der Waals surface area contributed by atoms with E-state index in [1.807, 2.05) is 0 Å². The molecule has 0 atom stereocenters. The third-order valence-electron chi connectivity index (χ3n) is 5.69. The zero-order valence-corrected chi connectivity index (χ0v) is 23.5. The summed E-state index contributed by atoms with van der Waals surface area (Å²) in [6.45, 7) is 1.72. The molecule has 0 aliphatic heterocycles. The SMILES string of the molecule is Cc1cc(Cl)cc(C(N)=O)c1NC(=O)c1cc(Cn2nnc(-c3cccc(Cl)c3Cl)n2)nn1-c1ncccc1Cl. The molecule has 5 aromatic rings. The van der Waals surface area contributed by atoms with Crippen molar-refractivity contribution in [3.05, 3.63) is 97.3 Å². The van der Waals surface area contributed by atoms with Crippen LogP contribution in [-0.4, -0.2) is 46.8 Å². The molecular formula is C25H17Cl4N9O2. The highest BCUT2D eigenvalue weighted by Crippen LogP contribution is 2.31. The molecular weight excluding hydrogens is 600 g/mol. The number of carbonyl (C=O) groups is 2. The standard InChI is InChI=1S/C25H17Cl4N9O2/c1-12-8-13(26)9-16(22(30)39)21(12)32-25(40)19-10-14(34-38(19)24-18(28)6-3-7-31-24)11-37-35-23(33-36-37)15-4-2-5-17(27)20(15)29/h2-10H,11H2,1H3,(H2,30,39)(H,32,40). The van der Waals surface area contributed by atoms with Gasteiger partial charge in [-0.1, -0.05) is 52.5 Å². The van der Waals surface area contributed by atoms with Crippen LogP contribution in [0.15, 0.2) is 54.7 Å². The van der Waals surface area contributed by atoms with Gasteiger partial charge in [-0.25, -0.2) is 9.67 Å². The fourth-order valence-corrected chi connectivity index (χ4v) is 4.74. The molecule has 3 N–H and O–H groups in total. The van der Waals surface area contributed by atoms with Gasteiger partial charge in [0.2, 0.25) is 5.82 Å². The number of tetrazole rings is 1. The van der Waals surface area contributed by atoms with Crippen molar-refractivity contribution in [2.75, 3.05) is 5.32 Å². The predicted molar refractivity (Wildman–Crippen MR) is 151 cm³/mol. The number of pyridine rings is 1. The zero-order valence-electron chi connectivity index (χ0n) is 20.4. The average molecular weight is 617 g/mol. The van der Waals surface area contributed by atoms with Gasteiger partial charge in [-0.3, -0.25) is 9.59 Å². The van der Waals surface area contributed by atoms with E-state index in [-0.39, 0.29) is 40.2 Å². The van der Waals surface area contributed by atoms with E-state index < -0.39 is 11.8 Å². The van der Waals surface area contributed by atoms with Crippen molar-refractivity contribution in [1.29, 1.82) is 0 Å². The first-order chi connectivity index (χ1) is 19.1. The van der Waals surface area contributed by atoms with Crippen LogP contribution in [0, 0.1) is 6.92 Å². The molecule has 5 rings (SSSR count). The Hall–Kier alpha value is -4.03. The molecule has 0 aliphatic rings. The van der Waals surface area contributed by atoms with Gasteiger partial charge >= 0.3 is 0 Å². The summed E-state index contributed by atoms with van der Waals surface area (Å²) >= 11 is 24.9. The Morgan fingerprint density at radius 2 is 1.77 bits per heavy atom. The van der Waals surface area contributed by atoms with Gasteiger partial charge in [-0.2, -0.15) is 9.90 Å². The lowest BCUT2D eigenvalue weighted by Gasteiger charge is -2.13. The number of nitrogens with zero attached hydrogens (tertiary/aromatic N) is 7. The molecule has 40 heavy (non-hydrogen) atoms. The Morgan fingerprint density at radius 3 is 2.52 bits per heavy atom. The first-order valence-electron chi connectivity index (χ1n) is 11.5. The van der Waals surface area contributed by atoms with Gasteiger partial charge in [-0.15, -0.1) is 10.2 Å². The number of nitrogens with two attached hydrogens (primary N) is 1. The number of rotatable bonds is 7. The number of hydrogen-bond acceptors (Lipinski definition) is 7. The molecule has 11 nitrogen and oxygen atoms in total. The molecule has 15 heteroatoms. The largest absolute Gasteiger partial charge is 0.366 e. The maximum absolute atomic E-state index is 13.6. The van der Waals surface area contributed by atoms with E-state index in [1.54, 1.807) is 43.3 Å². The number of hydrogen-bond donors (Lipinski definition) is 2. The van der Waals surface area contributed by atoms with Crippen molar-refractivity contribution in [3.63, 3.8) is 0 Å². The van der Waals surface area contributed by atoms with E-state index in [4.69, 9.17) is 52.1 Å². The minimum absolute atomic E-state index is 0.0371. The summed E-state index contributed by atoms with van der Waals surface area (Å²) in [6.07, 6.45) is 1.51. The van der Waals surface area contributed by atoms with Crippen LogP contribution in [0.2, 0.25) is 20.1 Å². The quantitative estimate of drug-likeness (QED) is 0.254. The Bertz CT molecular complexity index is 1780. The third-order valence-corrected chi connectivity index (χ3v) is 7.02. The van der Waals surface area contributed by atoms with Gasteiger partial charge in [0.1, 0.15) is 12.2 Å². The van der Waals surface area contributed by atoms with Crippen molar-refractivity contribution >= 4 is 63.9 Å². The number of carbonyl (C=O) groups excluding carboxylic acids is 2. The molecule has 202 valence electrons. The summed E-state index contributed by atoms with van der Waals surface area (Å²) in [5.74, 6) is -0.890. The maximum Gasteiger partial charge on any atom is 0.274 e. The number of aromatic nitrogens is 7. The average Bonchev–Trinajstić information content (AvgIpc) is 3.55. The molecule has 0 bridgehead atoms. The highest BCUT2D eigenvalue weighted by molar-refractivity contribution is 6.43. The van der Waals surface area contributed by atoms with Crippen LogP contribution in [0.4, 0.5) is 5.69 Å². The second-order valence-corrected chi connectivity index (χ2v) is 10.1. The minimum Gasteiger partial charge on any atom is -0.366 e. The van der Waals surface area contributed by atoms with Crippen LogP contribution in [0.3, 0.4) is 0 Å². The van der Waals surface area contributed by atoms with Crippen LogP contribution < -0.4 is 11.1 Å². The van der Waals surface area contributed by atoms with E-state index >= 15 is 0 Å². The first-order valence-corrected chi connectivity index (χ1v) is 13.0. The number of benzene rings is 2. The molecule has 0 aliphatic carbocycles. The number of amides is 2. The lowest BCUT2D eigenvalue weighted by atomic mass is 10.1. The van der Waals surface area contributed by atoms with Crippen LogP contribution >= 0.6 is 46.4 Å². The van der Waals surface area contributed by atoms with Gasteiger partial charge in [0.25, 0.3) is 11.8 Å². The van der Waals surface area contributed by atoms with E-state index in [9.17, 15) is 9.59 Å². The van der Waals surface area contributed by atoms with Crippen molar-refractivity contribution < 1.29 is 9.59 Å². The van der Waals surface area contributed by atoms with Gasteiger partial charge < -0.3 is 11.1 Å². The van der Waals surface area contributed by atoms with Crippen LogP contribution in [0.1, 0.15) is 32.1 Å². The van der Waals surface area contributed by atoms with Gasteiger partial charge in [0.05, 0.1) is 32.0 Å². The lowest BCUT2D eigenvalue weighted by Crippen LogP contribution is -2.21. The van der Waals surface area contributed by atoms with Crippen molar-refractivity contribution in [2.24, 2.45) is 5.73 Å². The molecule has 0 unspecified atom stereocenters. The van der Waals surface area contributed by atoms with E-state index in [0.717, 1.165) is 0 Å². The summed E-state index contributed by atoms with van der Waals surface area (Å²) < 4.78 is 1.29. The van der Waals surface area contributed by atoms with Crippen molar-refractivity contribution in [2.45, 2.75) is 13.5 Å². The zero-order chi connectivity index (χ0) is 28.6. The van der Waals surface area contributed by atoms with Crippen LogP contribution in [0.5, 0.6) is 0 Å². The highest BCUT2D eigenvalue weighted by Gasteiger charge is 2.23. The Morgan fingerprint density at radius 1 is 1.00 bits per heavy atom. The highest BCUT2D eigenvalue weighted by atomic mass is 35.5. The molecule has 0 spiro atoms. The van der Waals surface area contributed by atoms with Crippen molar-refractivity contribution in [1.82, 2.24) is 35.0 Å². The monoisotopic (exact) mass is 615 g/mol. The molecule has 0 saturated carbocycles. The summed E-state index contributed by atoms with van der Waals surface area (Å²) in [5.41, 5.74) is 7.29. The Labute approximate surface area is 246 Å². The minimum atomic E-state index is -0.754. The molecule has 3 aromatic heterocycles. The summed E-state index contributed by atoms with van der Waals surface area (Å²) in [5, 5.41) is 21.0. The van der Waals surface area contributed by atoms with Crippen LogP contribution in [-0.2, 0) is 6.54 Å². The second kappa shape index (κ2) is 11.2. The van der Waals surface area contributed by atoms with E-state index in [1.165, 1.54) is 27.8 Å². The first kappa shape index (κ1) is 27.5. The fourth-order valence-electron chi connectivity index (χ4n) is 3.88. The maximum atomic E-state index is 13.6. The Kier molecular flexibility index (Phi) is 7.72. The summed E-state index contributed by atoms with van der Waals surface area (Å²) in [7, 11) is 0. The molecule has 0 saturated heterocycles. The molecule has 3 heterocycles. The summed E-state index contributed by atoms with van der Waals surface area (Å²) in [6, 6.07) is 12.8. The normalized spacial score (nSPS) is 11.0. The van der Waals surface area contributed by atoms with Gasteiger partial charge in [0.15, 0.2) is 5.82 Å². The molecule has 0 radical (unpaired) electrons. The number of anilines is 1. The molecule has 2 amide bonds. The van der Waals surface area contributed by atoms with Gasteiger partial charge in [0, 0.05) is 16.8 Å². The molecule has 2 aromatic carbocycles. The molecule has 0 fully saturated rings. The smallest absolute Gasteiger partial charge is 0.274 e. The van der Waals surface area contributed by atoms with E-state index in [2.05, 4.69) is 30.8 Å². The predicted octanol–water partition coefficient (Wildman–Crippen LogP) is 5.24. The number of primary amides is 1.